The van der Waals surface area contributed by atoms with E-state index < -0.39 is 0 Å². The Bertz CT molecular complexity index is 434. The molecule has 0 saturated carbocycles. The zero-order valence-electron chi connectivity index (χ0n) is 12.3. The minimum Gasteiger partial charge on any atom is -0.349 e. The summed E-state index contributed by atoms with van der Waals surface area (Å²) in [5.74, 6) is 0.0257. The molecule has 2 N–H and O–H groups in total. The Hall–Kier alpha value is -1.61. The largest absolute Gasteiger partial charge is 0.349 e. The van der Waals surface area contributed by atoms with Crippen LogP contribution in [0.3, 0.4) is 0 Å². The van der Waals surface area contributed by atoms with E-state index >= 15 is 0 Å². The van der Waals surface area contributed by atoms with Gasteiger partial charge in [0.1, 0.15) is 0 Å². The first kappa shape index (κ1) is 14.8. The normalized spacial score (nSPS) is 22.9. The monoisotopic (exact) mass is 273 g/mol. The summed E-state index contributed by atoms with van der Waals surface area (Å²) in [6, 6.07) is 10.3. The van der Waals surface area contributed by atoms with Crippen molar-refractivity contribution >= 4 is 12.0 Å². The van der Waals surface area contributed by atoms with Crippen LogP contribution in [0.15, 0.2) is 36.4 Å². The van der Waals surface area contributed by atoms with Crippen molar-refractivity contribution in [3.05, 3.63) is 42.0 Å². The number of likely N-dealkylation sites (tertiary alicyclic amines) is 1. The Labute approximate surface area is 121 Å². The summed E-state index contributed by atoms with van der Waals surface area (Å²) in [7, 11) is 0. The third-order valence-electron chi connectivity index (χ3n) is 3.87. The highest BCUT2D eigenvalue weighted by Crippen LogP contribution is 2.02. The van der Waals surface area contributed by atoms with E-state index in [1.54, 1.807) is 11.0 Å². The summed E-state index contributed by atoms with van der Waals surface area (Å²) in [6.07, 6.45) is 6.94. The molecule has 1 amide bonds. The van der Waals surface area contributed by atoms with E-state index in [4.69, 9.17) is 0 Å². The minimum atomic E-state index is 0.0257. The van der Waals surface area contributed by atoms with E-state index in [1.807, 2.05) is 36.4 Å². The molecule has 1 aromatic carbocycles. The van der Waals surface area contributed by atoms with Crippen molar-refractivity contribution in [3.8, 4) is 0 Å². The lowest BCUT2D eigenvalue weighted by Crippen LogP contribution is -3.13. The van der Waals surface area contributed by atoms with Crippen LogP contribution in [0.4, 0.5) is 0 Å². The van der Waals surface area contributed by atoms with Crippen LogP contribution in [0.2, 0.25) is 0 Å². The second-order valence-corrected chi connectivity index (χ2v) is 5.53. The van der Waals surface area contributed by atoms with E-state index in [-0.39, 0.29) is 5.91 Å². The number of hydrogen-bond acceptors (Lipinski definition) is 1. The molecule has 0 unspecified atom stereocenters. The predicted octanol–water partition coefficient (Wildman–Crippen LogP) is 1.27. The third kappa shape index (κ3) is 4.82. The average Bonchev–Trinajstić information content (AvgIpc) is 2.49. The Balaban J connectivity index is 1.74. The topological polar surface area (TPSA) is 33.5 Å². The lowest BCUT2D eigenvalue weighted by Gasteiger charge is -2.29. The van der Waals surface area contributed by atoms with Crippen molar-refractivity contribution < 1.29 is 9.69 Å². The number of quaternary nitrogens is 1. The van der Waals surface area contributed by atoms with Crippen LogP contribution in [0.5, 0.6) is 0 Å². The molecule has 0 aliphatic carbocycles. The van der Waals surface area contributed by atoms with Gasteiger partial charge in [0.25, 0.3) is 0 Å². The summed E-state index contributed by atoms with van der Waals surface area (Å²) in [5.41, 5.74) is 1.06. The molecule has 0 aromatic heterocycles. The summed E-state index contributed by atoms with van der Waals surface area (Å²) in [5, 5.41) is 3.11. The number of hydrogen-bond donors (Lipinski definition) is 2. The summed E-state index contributed by atoms with van der Waals surface area (Å²) >= 11 is 0. The summed E-state index contributed by atoms with van der Waals surface area (Å²) < 4.78 is 0. The molecule has 20 heavy (non-hydrogen) atoms. The smallest absolute Gasteiger partial charge is 0.244 e. The first-order chi connectivity index (χ1) is 9.78. The second-order valence-electron chi connectivity index (χ2n) is 5.53. The van der Waals surface area contributed by atoms with Crippen molar-refractivity contribution in [2.24, 2.45) is 0 Å². The number of benzene rings is 1. The van der Waals surface area contributed by atoms with E-state index in [0.29, 0.717) is 6.04 Å². The molecular weight excluding hydrogens is 248 g/mol. The SMILES string of the molecule is CCC[NH+]1CCC(NC(=O)/C=C/c2ccccc2)CC1. The zero-order chi connectivity index (χ0) is 14.2. The molecule has 1 aliphatic rings. The molecule has 1 fully saturated rings. The number of nitrogens with one attached hydrogen (secondary N) is 2. The molecule has 2 rings (SSSR count). The van der Waals surface area contributed by atoms with Crippen LogP contribution in [0.25, 0.3) is 6.08 Å². The van der Waals surface area contributed by atoms with Gasteiger partial charge in [-0.2, -0.15) is 0 Å². The quantitative estimate of drug-likeness (QED) is 0.778. The van der Waals surface area contributed by atoms with Gasteiger partial charge in [0.2, 0.25) is 5.91 Å². The number of carbonyl (C=O) groups is 1. The maximum absolute atomic E-state index is 11.9. The van der Waals surface area contributed by atoms with Crippen LogP contribution in [0.1, 0.15) is 31.7 Å². The molecule has 1 aliphatic heterocycles. The summed E-state index contributed by atoms with van der Waals surface area (Å²) in [6.45, 7) is 5.85. The van der Waals surface area contributed by atoms with Gasteiger partial charge in [0, 0.05) is 25.0 Å². The number of piperidine rings is 1. The number of rotatable bonds is 5. The van der Waals surface area contributed by atoms with Crippen LogP contribution in [0, 0.1) is 0 Å². The zero-order valence-corrected chi connectivity index (χ0v) is 12.3. The third-order valence-corrected chi connectivity index (χ3v) is 3.87. The fourth-order valence-electron chi connectivity index (χ4n) is 2.76. The molecule has 0 atom stereocenters. The van der Waals surface area contributed by atoms with Crippen LogP contribution >= 0.6 is 0 Å². The van der Waals surface area contributed by atoms with Gasteiger partial charge in [-0.15, -0.1) is 0 Å². The molecule has 0 spiro atoms. The molecule has 3 heteroatoms. The lowest BCUT2D eigenvalue weighted by atomic mass is 10.0. The number of amides is 1. The van der Waals surface area contributed by atoms with Gasteiger partial charge < -0.3 is 10.2 Å². The van der Waals surface area contributed by atoms with Crippen molar-refractivity contribution in [1.29, 1.82) is 0 Å². The van der Waals surface area contributed by atoms with Gasteiger partial charge >= 0.3 is 0 Å². The fraction of sp³-hybridized carbons (Fsp3) is 0.471. The number of carbonyl (C=O) groups excluding carboxylic acids is 1. The molecule has 1 aromatic rings. The molecule has 0 radical (unpaired) electrons. The van der Waals surface area contributed by atoms with E-state index in [2.05, 4.69) is 12.2 Å². The van der Waals surface area contributed by atoms with Gasteiger partial charge in [-0.25, -0.2) is 0 Å². The lowest BCUT2D eigenvalue weighted by molar-refractivity contribution is -0.905. The Morgan fingerprint density at radius 1 is 1.30 bits per heavy atom. The standard InChI is InChI=1S/C17H24N2O/c1-2-12-19-13-10-16(11-14-19)18-17(20)9-8-15-6-4-3-5-7-15/h3-9,16H,2,10-14H2,1H3,(H,18,20)/p+1/b9-8+. The Morgan fingerprint density at radius 2 is 2.00 bits per heavy atom. The second kappa shape index (κ2) is 7.85. The highest BCUT2D eigenvalue weighted by Gasteiger charge is 2.21. The van der Waals surface area contributed by atoms with E-state index in [1.165, 1.54) is 26.1 Å². The molecule has 108 valence electrons. The van der Waals surface area contributed by atoms with Gasteiger partial charge in [0.15, 0.2) is 0 Å². The molecule has 0 bridgehead atoms. The van der Waals surface area contributed by atoms with Gasteiger partial charge in [-0.05, 0) is 18.1 Å². The Morgan fingerprint density at radius 3 is 2.65 bits per heavy atom. The van der Waals surface area contributed by atoms with Gasteiger partial charge in [-0.1, -0.05) is 37.3 Å². The van der Waals surface area contributed by atoms with Crippen LogP contribution < -0.4 is 10.2 Å². The van der Waals surface area contributed by atoms with Crippen molar-refractivity contribution in [3.63, 3.8) is 0 Å². The van der Waals surface area contributed by atoms with Crippen LogP contribution in [-0.4, -0.2) is 31.6 Å². The van der Waals surface area contributed by atoms with Gasteiger partial charge in [0.05, 0.1) is 19.6 Å². The first-order valence-electron chi connectivity index (χ1n) is 7.65. The van der Waals surface area contributed by atoms with E-state index in [0.717, 1.165) is 18.4 Å². The summed E-state index contributed by atoms with van der Waals surface area (Å²) in [4.78, 5) is 13.6. The average molecular weight is 273 g/mol. The first-order valence-corrected chi connectivity index (χ1v) is 7.65. The Kier molecular flexibility index (Phi) is 5.81. The fourth-order valence-corrected chi connectivity index (χ4v) is 2.76. The minimum absolute atomic E-state index is 0.0257. The molecule has 1 heterocycles. The molecule has 1 saturated heterocycles. The maximum Gasteiger partial charge on any atom is 0.244 e. The van der Waals surface area contributed by atoms with Gasteiger partial charge in [-0.3, -0.25) is 4.79 Å². The van der Waals surface area contributed by atoms with Crippen molar-refractivity contribution in [1.82, 2.24) is 5.32 Å². The van der Waals surface area contributed by atoms with Crippen LogP contribution in [-0.2, 0) is 4.79 Å². The highest BCUT2D eigenvalue weighted by molar-refractivity contribution is 5.91. The van der Waals surface area contributed by atoms with Crippen molar-refractivity contribution in [2.75, 3.05) is 19.6 Å². The molecular formula is C17H25N2O+. The maximum atomic E-state index is 11.9. The predicted molar refractivity (Wildman–Crippen MR) is 82.5 cm³/mol. The van der Waals surface area contributed by atoms with Crippen molar-refractivity contribution in [2.45, 2.75) is 32.2 Å². The molecule has 3 nitrogen and oxygen atoms in total. The highest BCUT2D eigenvalue weighted by atomic mass is 16.1. The van der Waals surface area contributed by atoms with E-state index in [9.17, 15) is 4.79 Å².